The molecule has 0 saturated heterocycles. The number of hydrogen-bond acceptors (Lipinski definition) is 1. The molecule has 3 aromatic heterocycles. The monoisotopic (exact) mass is 238 g/mol. The second kappa shape index (κ2) is 3.88. The maximum atomic E-state index is 10.8. The number of pyridine rings is 1. The first-order chi connectivity index (χ1) is 8.67. The molecule has 1 N–H and O–H groups in total. The van der Waals surface area contributed by atoms with Crippen LogP contribution in [0.15, 0.2) is 36.7 Å². The number of carbonyl (C=O) groups is 1. The fourth-order valence-corrected chi connectivity index (χ4v) is 2.36. The number of aromatic amines is 1. The summed E-state index contributed by atoms with van der Waals surface area (Å²) in [5.74, 6) is 0. The molecular formula is C15H14N2O. The van der Waals surface area contributed by atoms with Gasteiger partial charge in [-0.05, 0) is 43.7 Å². The number of nitrogens with one attached hydrogen (secondary N) is 1. The van der Waals surface area contributed by atoms with Gasteiger partial charge in [0.2, 0.25) is 0 Å². The molecule has 3 heterocycles. The van der Waals surface area contributed by atoms with E-state index in [1.54, 1.807) is 0 Å². The van der Waals surface area contributed by atoms with Gasteiger partial charge in [-0.15, -0.1) is 0 Å². The molecule has 0 bridgehead atoms. The summed E-state index contributed by atoms with van der Waals surface area (Å²) in [5.41, 5.74) is 6.41. The summed E-state index contributed by atoms with van der Waals surface area (Å²) in [5, 5.41) is 0. The number of hydrogen-bond donors (Lipinski definition) is 1. The highest BCUT2D eigenvalue weighted by atomic mass is 16.1. The zero-order valence-electron chi connectivity index (χ0n) is 10.4. The molecule has 0 spiro atoms. The molecular weight excluding hydrogens is 224 g/mol. The smallest absolute Gasteiger partial charge is 0.150 e. The van der Waals surface area contributed by atoms with Gasteiger partial charge in [-0.3, -0.25) is 4.79 Å². The van der Waals surface area contributed by atoms with Gasteiger partial charge in [-0.1, -0.05) is 0 Å². The lowest BCUT2D eigenvalue weighted by Gasteiger charge is -1.94. The fraction of sp³-hybridized carbons (Fsp3) is 0.133. The van der Waals surface area contributed by atoms with Crippen LogP contribution in [-0.4, -0.2) is 15.7 Å². The summed E-state index contributed by atoms with van der Waals surface area (Å²) in [6.45, 7) is 4.15. The van der Waals surface area contributed by atoms with Crippen LogP contribution >= 0.6 is 0 Å². The summed E-state index contributed by atoms with van der Waals surface area (Å²) < 4.78 is 2.03. The van der Waals surface area contributed by atoms with Crippen LogP contribution in [0, 0.1) is 13.8 Å². The van der Waals surface area contributed by atoms with E-state index in [1.807, 2.05) is 22.7 Å². The minimum Gasteiger partial charge on any atom is -0.358 e. The second-order valence-electron chi connectivity index (χ2n) is 4.65. The zero-order valence-corrected chi connectivity index (χ0v) is 10.4. The van der Waals surface area contributed by atoms with E-state index in [2.05, 4.69) is 37.2 Å². The number of carbonyl (C=O) groups excluding carboxylic acids is 1. The Kier molecular flexibility index (Phi) is 2.33. The van der Waals surface area contributed by atoms with Crippen molar-refractivity contribution in [3.05, 3.63) is 53.5 Å². The van der Waals surface area contributed by atoms with Crippen LogP contribution in [0.3, 0.4) is 0 Å². The van der Waals surface area contributed by atoms with Crippen molar-refractivity contribution in [1.82, 2.24) is 9.38 Å². The number of aryl methyl sites for hydroxylation is 2. The van der Waals surface area contributed by atoms with Gasteiger partial charge in [0.15, 0.2) is 0 Å². The van der Waals surface area contributed by atoms with Crippen molar-refractivity contribution >= 4 is 11.8 Å². The molecule has 0 atom stereocenters. The van der Waals surface area contributed by atoms with Crippen molar-refractivity contribution < 1.29 is 4.79 Å². The summed E-state index contributed by atoms with van der Waals surface area (Å²) in [6.07, 6.45) is 4.85. The SMILES string of the molecule is Cc1cc(C)c(-c2cc3cc(C=O)ccn3c2)[nH]1. The van der Waals surface area contributed by atoms with Gasteiger partial charge in [0.1, 0.15) is 6.29 Å². The normalized spacial score (nSPS) is 11.0. The number of aldehydes is 1. The van der Waals surface area contributed by atoms with Crippen molar-refractivity contribution in [3.8, 4) is 11.3 Å². The quantitative estimate of drug-likeness (QED) is 0.683. The Morgan fingerprint density at radius 1 is 1.22 bits per heavy atom. The van der Waals surface area contributed by atoms with Gasteiger partial charge in [-0.2, -0.15) is 0 Å². The van der Waals surface area contributed by atoms with Crippen LogP contribution in [0.5, 0.6) is 0 Å². The second-order valence-corrected chi connectivity index (χ2v) is 4.65. The molecule has 0 aliphatic rings. The summed E-state index contributed by atoms with van der Waals surface area (Å²) in [7, 11) is 0. The van der Waals surface area contributed by atoms with Gasteiger partial charge in [0, 0.05) is 34.7 Å². The summed E-state index contributed by atoms with van der Waals surface area (Å²) in [4.78, 5) is 14.1. The highest BCUT2D eigenvalue weighted by Crippen LogP contribution is 2.25. The molecule has 90 valence electrons. The molecule has 0 aliphatic carbocycles. The number of H-pyrrole nitrogens is 1. The summed E-state index contributed by atoms with van der Waals surface area (Å²) in [6, 6.07) is 7.93. The van der Waals surface area contributed by atoms with E-state index in [9.17, 15) is 4.79 Å². The molecule has 0 unspecified atom stereocenters. The Labute approximate surface area is 105 Å². The Bertz CT molecular complexity index is 734. The lowest BCUT2D eigenvalue weighted by atomic mass is 10.1. The predicted octanol–water partition coefficient (Wildman–Crippen LogP) is 3.36. The maximum absolute atomic E-state index is 10.8. The Balaban J connectivity index is 2.18. The van der Waals surface area contributed by atoms with E-state index in [0.717, 1.165) is 28.8 Å². The van der Waals surface area contributed by atoms with Crippen LogP contribution in [0.4, 0.5) is 0 Å². The Hall–Kier alpha value is -2.29. The lowest BCUT2D eigenvalue weighted by Crippen LogP contribution is -1.84. The van der Waals surface area contributed by atoms with E-state index >= 15 is 0 Å². The molecule has 0 amide bonds. The first-order valence-electron chi connectivity index (χ1n) is 5.91. The minimum absolute atomic E-state index is 0.700. The standard InChI is InChI=1S/C15H14N2O/c1-10-5-11(2)16-15(10)13-7-14-6-12(9-18)3-4-17(14)8-13/h3-9,16H,1-2H3. The van der Waals surface area contributed by atoms with E-state index in [0.29, 0.717) is 5.56 Å². The highest BCUT2D eigenvalue weighted by molar-refractivity contribution is 5.79. The fourth-order valence-electron chi connectivity index (χ4n) is 2.36. The Morgan fingerprint density at radius 2 is 2.06 bits per heavy atom. The van der Waals surface area contributed by atoms with E-state index < -0.39 is 0 Å². The lowest BCUT2D eigenvalue weighted by molar-refractivity contribution is 0.112. The van der Waals surface area contributed by atoms with Gasteiger partial charge in [0.05, 0.1) is 5.69 Å². The maximum Gasteiger partial charge on any atom is 0.150 e. The molecule has 3 aromatic rings. The number of fused-ring (bicyclic) bond motifs is 1. The molecule has 0 aromatic carbocycles. The average Bonchev–Trinajstić information content (AvgIpc) is 2.90. The van der Waals surface area contributed by atoms with Gasteiger partial charge in [0.25, 0.3) is 0 Å². The van der Waals surface area contributed by atoms with Crippen LogP contribution < -0.4 is 0 Å². The van der Waals surface area contributed by atoms with E-state index in [4.69, 9.17) is 0 Å². The first kappa shape index (κ1) is 10.8. The predicted molar refractivity (Wildman–Crippen MR) is 72.0 cm³/mol. The molecule has 0 fully saturated rings. The third kappa shape index (κ3) is 1.64. The van der Waals surface area contributed by atoms with Gasteiger partial charge < -0.3 is 9.38 Å². The largest absolute Gasteiger partial charge is 0.358 e. The van der Waals surface area contributed by atoms with Crippen molar-refractivity contribution in [3.63, 3.8) is 0 Å². The molecule has 3 heteroatoms. The zero-order chi connectivity index (χ0) is 12.7. The third-order valence-corrected chi connectivity index (χ3v) is 3.20. The van der Waals surface area contributed by atoms with E-state index in [-0.39, 0.29) is 0 Å². The topological polar surface area (TPSA) is 37.3 Å². The minimum atomic E-state index is 0.700. The van der Waals surface area contributed by atoms with Gasteiger partial charge in [-0.25, -0.2) is 0 Å². The molecule has 18 heavy (non-hydrogen) atoms. The van der Waals surface area contributed by atoms with Crippen molar-refractivity contribution in [2.24, 2.45) is 0 Å². The van der Waals surface area contributed by atoms with Gasteiger partial charge >= 0.3 is 0 Å². The van der Waals surface area contributed by atoms with Crippen molar-refractivity contribution in [2.75, 3.05) is 0 Å². The highest BCUT2D eigenvalue weighted by Gasteiger charge is 2.08. The van der Waals surface area contributed by atoms with Crippen LogP contribution in [-0.2, 0) is 0 Å². The van der Waals surface area contributed by atoms with Crippen LogP contribution in [0.25, 0.3) is 16.8 Å². The molecule has 3 nitrogen and oxygen atoms in total. The number of aromatic nitrogens is 2. The third-order valence-electron chi connectivity index (χ3n) is 3.20. The molecule has 0 radical (unpaired) electrons. The molecule has 0 aliphatic heterocycles. The van der Waals surface area contributed by atoms with Crippen LogP contribution in [0.2, 0.25) is 0 Å². The van der Waals surface area contributed by atoms with E-state index in [1.165, 1.54) is 5.56 Å². The number of rotatable bonds is 2. The van der Waals surface area contributed by atoms with Crippen LogP contribution in [0.1, 0.15) is 21.6 Å². The summed E-state index contributed by atoms with van der Waals surface area (Å²) >= 11 is 0. The molecule has 0 saturated carbocycles. The number of nitrogens with zero attached hydrogens (tertiary/aromatic N) is 1. The average molecular weight is 238 g/mol. The first-order valence-corrected chi connectivity index (χ1v) is 5.91. The Morgan fingerprint density at radius 3 is 2.72 bits per heavy atom. The van der Waals surface area contributed by atoms with Crippen molar-refractivity contribution in [1.29, 1.82) is 0 Å². The molecule has 3 rings (SSSR count). The van der Waals surface area contributed by atoms with Crippen molar-refractivity contribution in [2.45, 2.75) is 13.8 Å².